The quantitative estimate of drug-likeness (QED) is 0.780. The summed E-state index contributed by atoms with van der Waals surface area (Å²) in [6, 6.07) is 0. The third-order valence-electron chi connectivity index (χ3n) is 4.02. The Morgan fingerprint density at radius 2 is 1.84 bits per heavy atom. The van der Waals surface area contributed by atoms with Crippen molar-refractivity contribution < 1.29 is 23.9 Å². The molecule has 0 radical (unpaired) electrons. The molecule has 0 aliphatic heterocycles. The van der Waals surface area contributed by atoms with Crippen molar-refractivity contribution in [2.24, 2.45) is 5.92 Å². The molecule has 1 amide bonds. The van der Waals surface area contributed by atoms with Crippen LogP contribution in [0.1, 0.15) is 61.3 Å². The molecule has 1 N–H and O–H groups in total. The molecule has 1 aliphatic carbocycles. The number of nitrogens with one attached hydrogen (secondary N) is 1. The van der Waals surface area contributed by atoms with E-state index in [0.29, 0.717) is 10.6 Å². The molecule has 1 aromatic heterocycles. The number of esters is 2. The van der Waals surface area contributed by atoms with Gasteiger partial charge in [0.15, 0.2) is 6.10 Å². The molecule has 0 spiro atoms. The van der Waals surface area contributed by atoms with Gasteiger partial charge in [0.25, 0.3) is 5.91 Å². The van der Waals surface area contributed by atoms with Crippen molar-refractivity contribution in [1.29, 1.82) is 0 Å². The summed E-state index contributed by atoms with van der Waals surface area (Å²) in [6.07, 6.45) is 2.88. The van der Waals surface area contributed by atoms with Gasteiger partial charge in [0.1, 0.15) is 5.00 Å². The molecule has 1 aromatic rings. The van der Waals surface area contributed by atoms with Crippen LogP contribution in [0.5, 0.6) is 0 Å². The fraction of sp³-hybridized carbons (Fsp3) is 0.611. The normalized spacial score (nSPS) is 14.6. The maximum absolute atomic E-state index is 12.4. The van der Waals surface area contributed by atoms with Crippen LogP contribution in [0, 0.1) is 5.92 Å². The van der Waals surface area contributed by atoms with Gasteiger partial charge in [-0.3, -0.25) is 9.59 Å². The molecule has 1 unspecified atom stereocenters. The summed E-state index contributed by atoms with van der Waals surface area (Å²) >= 11 is 1.41. The zero-order valence-corrected chi connectivity index (χ0v) is 16.0. The van der Waals surface area contributed by atoms with E-state index in [9.17, 15) is 14.4 Å². The number of aryl methyl sites for hydroxylation is 1. The van der Waals surface area contributed by atoms with Crippen LogP contribution in [0.3, 0.4) is 0 Å². The molecule has 1 heterocycles. The van der Waals surface area contributed by atoms with Crippen molar-refractivity contribution in [3.8, 4) is 0 Å². The highest BCUT2D eigenvalue weighted by Crippen LogP contribution is 2.38. The summed E-state index contributed by atoms with van der Waals surface area (Å²) in [5.41, 5.74) is 1.44. The lowest BCUT2D eigenvalue weighted by molar-refractivity contribution is -0.156. The Morgan fingerprint density at radius 3 is 2.48 bits per heavy atom. The third kappa shape index (κ3) is 4.60. The molecule has 0 saturated carbocycles. The van der Waals surface area contributed by atoms with Gasteiger partial charge in [-0.15, -0.1) is 11.3 Å². The van der Waals surface area contributed by atoms with Crippen LogP contribution in [0.2, 0.25) is 0 Å². The van der Waals surface area contributed by atoms with E-state index >= 15 is 0 Å². The van der Waals surface area contributed by atoms with Crippen LogP contribution >= 0.6 is 11.3 Å². The van der Waals surface area contributed by atoms with E-state index in [1.165, 1.54) is 18.3 Å². The average molecular weight is 367 g/mol. The lowest BCUT2D eigenvalue weighted by Crippen LogP contribution is -2.31. The minimum atomic E-state index is -0.927. The van der Waals surface area contributed by atoms with Crippen molar-refractivity contribution in [1.82, 2.24) is 0 Å². The Morgan fingerprint density at radius 1 is 1.16 bits per heavy atom. The molecule has 0 saturated heterocycles. The SMILES string of the molecule is CCOC(=O)c1c(NC(=O)C(C)OC(=O)C(C)C)sc2c1CCCC2. The Balaban J connectivity index is 2.20. The Bertz CT molecular complexity index is 665. The molecule has 0 bridgehead atoms. The predicted molar refractivity (Wildman–Crippen MR) is 95.9 cm³/mol. The first kappa shape index (κ1) is 19.4. The predicted octanol–water partition coefficient (Wildman–Crippen LogP) is 3.33. The molecule has 7 heteroatoms. The van der Waals surface area contributed by atoms with Gasteiger partial charge in [0.05, 0.1) is 18.1 Å². The number of anilines is 1. The second-order valence-electron chi connectivity index (χ2n) is 6.36. The van der Waals surface area contributed by atoms with Crippen LogP contribution in [-0.4, -0.2) is 30.6 Å². The summed E-state index contributed by atoms with van der Waals surface area (Å²) < 4.78 is 10.3. The smallest absolute Gasteiger partial charge is 0.341 e. The van der Waals surface area contributed by atoms with E-state index in [4.69, 9.17) is 9.47 Å². The van der Waals surface area contributed by atoms with E-state index in [-0.39, 0.29) is 12.5 Å². The molecule has 1 atom stereocenters. The van der Waals surface area contributed by atoms with Crippen LogP contribution < -0.4 is 5.32 Å². The van der Waals surface area contributed by atoms with Gasteiger partial charge in [-0.05, 0) is 45.1 Å². The number of carbonyl (C=O) groups excluding carboxylic acids is 3. The van der Waals surface area contributed by atoms with Gasteiger partial charge in [0, 0.05) is 4.88 Å². The zero-order chi connectivity index (χ0) is 18.6. The highest BCUT2D eigenvalue weighted by Gasteiger charge is 2.29. The first-order valence-corrected chi connectivity index (χ1v) is 9.49. The lowest BCUT2D eigenvalue weighted by atomic mass is 9.95. The summed E-state index contributed by atoms with van der Waals surface area (Å²) in [7, 11) is 0. The van der Waals surface area contributed by atoms with Gasteiger partial charge >= 0.3 is 11.9 Å². The maximum atomic E-state index is 12.4. The van der Waals surface area contributed by atoms with E-state index < -0.39 is 23.9 Å². The van der Waals surface area contributed by atoms with Crippen LogP contribution in [0.25, 0.3) is 0 Å². The maximum Gasteiger partial charge on any atom is 0.341 e. The van der Waals surface area contributed by atoms with Crippen LogP contribution in [0.15, 0.2) is 0 Å². The molecule has 138 valence electrons. The Hall–Kier alpha value is -1.89. The number of rotatable bonds is 6. The van der Waals surface area contributed by atoms with Gasteiger partial charge in [0.2, 0.25) is 0 Å². The third-order valence-corrected chi connectivity index (χ3v) is 5.23. The second-order valence-corrected chi connectivity index (χ2v) is 7.46. The fourth-order valence-corrected chi connectivity index (χ4v) is 3.93. The number of carbonyl (C=O) groups is 3. The van der Waals surface area contributed by atoms with E-state index in [1.54, 1.807) is 20.8 Å². The molecule has 0 aromatic carbocycles. The molecule has 2 rings (SSSR count). The zero-order valence-electron chi connectivity index (χ0n) is 15.1. The molecule has 25 heavy (non-hydrogen) atoms. The largest absolute Gasteiger partial charge is 0.462 e. The summed E-state index contributed by atoms with van der Waals surface area (Å²) in [4.78, 5) is 37.5. The second kappa shape index (κ2) is 8.47. The van der Waals surface area contributed by atoms with Gasteiger partial charge in [-0.1, -0.05) is 13.8 Å². The van der Waals surface area contributed by atoms with Gasteiger partial charge < -0.3 is 14.8 Å². The summed E-state index contributed by atoms with van der Waals surface area (Å²) in [6.45, 7) is 6.97. The number of hydrogen-bond acceptors (Lipinski definition) is 6. The van der Waals surface area contributed by atoms with Gasteiger partial charge in [-0.25, -0.2) is 4.79 Å². The van der Waals surface area contributed by atoms with Crippen LogP contribution in [-0.2, 0) is 31.9 Å². The van der Waals surface area contributed by atoms with Gasteiger partial charge in [-0.2, -0.15) is 0 Å². The standard InChI is InChI=1S/C18H25NO5S/c1-5-23-18(22)14-12-8-6-7-9-13(12)25-16(14)19-15(20)11(4)24-17(21)10(2)3/h10-11H,5-9H2,1-4H3,(H,19,20). The number of thiophene rings is 1. The van der Waals surface area contributed by atoms with Crippen LogP contribution in [0.4, 0.5) is 5.00 Å². The topological polar surface area (TPSA) is 81.7 Å². The minimum absolute atomic E-state index is 0.277. The van der Waals surface area contributed by atoms with Crippen molar-refractivity contribution in [2.45, 2.75) is 59.5 Å². The summed E-state index contributed by atoms with van der Waals surface area (Å²) in [5, 5.41) is 3.24. The molecule has 0 fully saturated rings. The molecule has 1 aliphatic rings. The first-order valence-electron chi connectivity index (χ1n) is 8.68. The Kier molecular flexibility index (Phi) is 6.58. The van der Waals surface area contributed by atoms with Crippen molar-refractivity contribution in [3.63, 3.8) is 0 Å². The number of hydrogen-bond donors (Lipinski definition) is 1. The lowest BCUT2D eigenvalue weighted by Gasteiger charge is -2.15. The fourth-order valence-electron chi connectivity index (χ4n) is 2.65. The average Bonchev–Trinajstić information content (AvgIpc) is 2.92. The van der Waals surface area contributed by atoms with E-state index in [0.717, 1.165) is 36.1 Å². The Labute approximate surface area is 151 Å². The minimum Gasteiger partial charge on any atom is -0.462 e. The number of amides is 1. The molecular weight excluding hydrogens is 342 g/mol. The van der Waals surface area contributed by atoms with Crippen molar-refractivity contribution >= 4 is 34.2 Å². The highest BCUT2D eigenvalue weighted by atomic mass is 32.1. The molecule has 6 nitrogen and oxygen atoms in total. The number of ether oxygens (including phenoxy) is 2. The highest BCUT2D eigenvalue weighted by molar-refractivity contribution is 7.17. The summed E-state index contributed by atoms with van der Waals surface area (Å²) in [5.74, 6) is -1.60. The van der Waals surface area contributed by atoms with Crippen molar-refractivity contribution in [3.05, 3.63) is 16.0 Å². The number of fused-ring (bicyclic) bond motifs is 1. The van der Waals surface area contributed by atoms with Crippen molar-refractivity contribution in [2.75, 3.05) is 11.9 Å². The molecular formula is C18H25NO5S. The van der Waals surface area contributed by atoms with E-state index in [2.05, 4.69) is 5.32 Å². The first-order chi connectivity index (χ1) is 11.8. The monoisotopic (exact) mass is 367 g/mol. The van der Waals surface area contributed by atoms with E-state index in [1.807, 2.05) is 0 Å².